The Hall–Kier alpha value is -1.49. The molecule has 1 heterocycles. The molecule has 0 saturated heterocycles. The molecule has 2 rings (SSSR count). The lowest BCUT2D eigenvalue weighted by Gasteiger charge is -2.18. The monoisotopic (exact) mass is 343 g/mol. The third-order valence-electron chi connectivity index (χ3n) is 2.75. The van der Waals surface area contributed by atoms with E-state index >= 15 is 0 Å². The van der Waals surface area contributed by atoms with E-state index in [0.29, 0.717) is 22.3 Å². The molecule has 1 N–H and O–H groups in total. The molecule has 0 bridgehead atoms. The first-order valence-corrected chi connectivity index (χ1v) is 7.17. The lowest BCUT2D eigenvalue weighted by atomic mass is 10.2. The third-order valence-corrected chi connectivity index (χ3v) is 3.79. The zero-order valence-corrected chi connectivity index (χ0v) is 13.4. The highest BCUT2D eigenvalue weighted by molar-refractivity contribution is 6.42. The standard InChI is InChI=1S/C14H12Cl3N3O/c1-20(8-9-4-5-10(15)11(16)7-9)14(21)19-12-3-2-6-18-13(12)17/h2-7H,8H2,1H3,(H,19,21). The number of halogens is 3. The Morgan fingerprint density at radius 2 is 2.00 bits per heavy atom. The summed E-state index contributed by atoms with van der Waals surface area (Å²) in [6.45, 7) is 0.389. The summed E-state index contributed by atoms with van der Waals surface area (Å²) >= 11 is 17.7. The molecule has 0 atom stereocenters. The molecule has 1 aromatic carbocycles. The molecule has 4 nitrogen and oxygen atoms in total. The Kier molecular flexibility index (Phi) is 5.28. The van der Waals surface area contributed by atoms with Gasteiger partial charge in [-0.05, 0) is 29.8 Å². The minimum Gasteiger partial charge on any atom is -0.323 e. The summed E-state index contributed by atoms with van der Waals surface area (Å²) in [4.78, 5) is 17.5. The van der Waals surface area contributed by atoms with Gasteiger partial charge in [-0.15, -0.1) is 0 Å². The van der Waals surface area contributed by atoms with Crippen molar-refractivity contribution in [1.29, 1.82) is 0 Å². The number of hydrogen-bond acceptors (Lipinski definition) is 2. The van der Waals surface area contributed by atoms with Crippen LogP contribution in [-0.4, -0.2) is 23.0 Å². The van der Waals surface area contributed by atoms with Gasteiger partial charge in [0.25, 0.3) is 0 Å². The highest BCUT2D eigenvalue weighted by Gasteiger charge is 2.12. The van der Waals surface area contributed by atoms with Gasteiger partial charge in [0.15, 0.2) is 5.15 Å². The van der Waals surface area contributed by atoms with Gasteiger partial charge in [0.2, 0.25) is 0 Å². The zero-order chi connectivity index (χ0) is 15.4. The van der Waals surface area contributed by atoms with E-state index in [1.165, 1.54) is 4.90 Å². The van der Waals surface area contributed by atoms with E-state index in [0.717, 1.165) is 5.56 Å². The van der Waals surface area contributed by atoms with Gasteiger partial charge in [0, 0.05) is 19.8 Å². The summed E-state index contributed by atoms with van der Waals surface area (Å²) < 4.78 is 0. The van der Waals surface area contributed by atoms with Gasteiger partial charge in [-0.2, -0.15) is 0 Å². The summed E-state index contributed by atoms with van der Waals surface area (Å²) in [6.07, 6.45) is 1.55. The van der Waals surface area contributed by atoms with Crippen LogP contribution in [0.3, 0.4) is 0 Å². The van der Waals surface area contributed by atoms with Gasteiger partial charge < -0.3 is 10.2 Å². The van der Waals surface area contributed by atoms with Crippen molar-refractivity contribution in [3.63, 3.8) is 0 Å². The zero-order valence-electron chi connectivity index (χ0n) is 11.1. The van der Waals surface area contributed by atoms with Crippen molar-refractivity contribution in [2.24, 2.45) is 0 Å². The molecule has 21 heavy (non-hydrogen) atoms. The normalized spacial score (nSPS) is 10.3. The average Bonchev–Trinajstić information content (AvgIpc) is 2.45. The molecule has 2 aromatic rings. The number of anilines is 1. The molecular formula is C14H12Cl3N3O. The molecule has 0 fully saturated rings. The number of urea groups is 1. The fourth-order valence-corrected chi connectivity index (χ4v) is 2.16. The van der Waals surface area contributed by atoms with Crippen LogP contribution in [0.2, 0.25) is 15.2 Å². The number of benzene rings is 1. The molecule has 0 spiro atoms. The van der Waals surface area contributed by atoms with Crippen LogP contribution in [0.15, 0.2) is 36.5 Å². The van der Waals surface area contributed by atoms with E-state index < -0.39 is 0 Å². The van der Waals surface area contributed by atoms with Crippen LogP contribution >= 0.6 is 34.8 Å². The van der Waals surface area contributed by atoms with Crippen molar-refractivity contribution < 1.29 is 4.79 Å². The number of amides is 2. The number of carbonyl (C=O) groups is 1. The van der Waals surface area contributed by atoms with Gasteiger partial charge in [0.05, 0.1) is 15.7 Å². The summed E-state index contributed by atoms with van der Waals surface area (Å²) in [5, 5.41) is 3.87. The minimum atomic E-state index is -0.295. The molecule has 1 aromatic heterocycles. The minimum absolute atomic E-state index is 0.244. The van der Waals surface area contributed by atoms with E-state index in [4.69, 9.17) is 34.8 Å². The SMILES string of the molecule is CN(Cc1ccc(Cl)c(Cl)c1)C(=O)Nc1cccnc1Cl. The smallest absolute Gasteiger partial charge is 0.321 e. The number of hydrogen-bond donors (Lipinski definition) is 1. The lowest BCUT2D eigenvalue weighted by Crippen LogP contribution is -2.31. The van der Waals surface area contributed by atoms with Crippen LogP contribution in [0, 0.1) is 0 Å². The second kappa shape index (κ2) is 6.98. The van der Waals surface area contributed by atoms with Gasteiger partial charge in [-0.25, -0.2) is 9.78 Å². The Morgan fingerprint density at radius 3 is 2.67 bits per heavy atom. The number of nitrogens with one attached hydrogen (secondary N) is 1. The second-order valence-electron chi connectivity index (χ2n) is 4.38. The van der Waals surface area contributed by atoms with Gasteiger partial charge in [0.1, 0.15) is 0 Å². The summed E-state index contributed by atoms with van der Waals surface area (Å²) in [7, 11) is 1.67. The maximum Gasteiger partial charge on any atom is 0.321 e. The van der Waals surface area contributed by atoms with Crippen LogP contribution in [0.5, 0.6) is 0 Å². The van der Waals surface area contributed by atoms with Crippen LogP contribution in [0.1, 0.15) is 5.56 Å². The Morgan fingerprint density at radius 1 is 1.24 bits per heavy atom. The predicted molar refractivity (Wildman–Crippen MR) is 86.2 cm³/mol. The highest BCUT2D eigenvalue weighted by Crippen LogP contribution is 2.23. The van der Waals surface area contributed by atoms with E-state index in [2.05, 4.69) is 10.3 Å². The number of rotatable bonds is 3. The highest BCUT2D eigenvalue weighted by atomic mass is 35.5. The van der Waals surface area contributed by atoms with Crippen molar-refractivity contribution >= 4 is 46.5 Å². The van der Waals surface area contributed by atoms with E-state index in [-0.39, 0.29) is 11.2 Å². The average molecular weight is 345 g/mol. The van der Waals surface area contributed by atoms with Crippen molar-refractivity contribution in [2.45, 2.75) is 6.54 Å². The first-order valence-electron chi connectivity index (χ1n) is 6.04. The van der Waals surface area contributed by atoms with Crippen LogP contribution in [0.4, 0.5) is 10.5 Å². The van der Waals surface area contributed by atoms with Crippen LogP contribution < -0.4 is 5.32 Å². The van der Waals surface area contributed by atoms with Crippen molar-refractivity contribution in [2.75, 3.05) is 12.4 Å². The first-order chi connectivity index (χ1) is 9.97. The van der Waals surface area contributed by atoms with Crippen LogP contribution in [-0.2, 0) is 6.54 Å². The number of nitrogens with zero attached hydrogens (tertiary/aromatic N) is 2. The Bertz CT molecular complexity index is 664. The largest absolute Gasteiger partial charge is 0.323 e. The molecule has 0 saturated carbocycles. The molecule has 0 aliphatic carbocycles. The quantitative estimate of drug-likeness (QED) is 0.820. The van der Waals surface area contributed by atoms with E-state index in [9.17, 15) is 4.79 Å². The molecule has 0 aliphatic heterocycles. The predicted octanol–water partition coefficient (Wildman–Crippen LogP) is 4.71. The van der Waals surface area contributed by atoms with Gasteiger partial charge >= 0.3 is 6.03 Å². The van der Waals surface area contributed by atoms with Crippen molar-refractivity contribution in [3.05, 3.63) is 57.3 Å². The van der Waals surface area contributed by atoms with Crippen molar-refractivity contribution in [1.82, 2.24) is 9.88 Å². The van der Waals surface area contributed by atoms with Gasteiger partial charge in [-0.3, -0.25) is 0 Å². The molecule has 0 unspecified atom stereocenters. The molecule has 110 valence electrons. The maximum atomic E-state index is 12.1. The number of carbonyl (C=O) groups excluding carboxylic acids is 1. The van der Waals surface area contributed by atoms with Gasteiger partial charge in [-0.1, -0.05) is 40.9 Å². The number of pyridine rings is 1. The van der Waals surface area contributed by atoms with Crippen LogP contribution in [0.25, 0.3) is 0 Å². The molecule has 0 aliphatic rings. The summed E-state index contributed by atoms with van der Waals surface area (Å²) in [5.74, 6) is 0. The van der Waals surface area contributed by atoms with E-state index in [1.54, 1.807) is 37.5 Å². The molecular weight excluding hydrogens is 333 g/mol. The topological polar surface area (TPSA) is 45.2 Å². The Balaban J connectivity index is 2.02. The Labute approximate surface area is 137 Å². The first kappa shape index (κ1) is 15.9. The number of aromatic nitrogens is 1. The molecule has 7 heteroatoms. The maximum absolute atomic E-state index is 12.1. The summed E-state index contributed by atoms with van der Waals surface area (Å²) in [5.41, 5.74) is 1.34. The van der Waals surface area contributed by atoms with Crippen molar-refractivity contribution in [3.8, 4) is 0 Å². The second-order valence-corrected chi connectivity index (χ2v) is 5.55. The summed E-state index contributed by atoms with van der Waals surface area (Å²) in [6, 6.07) is 8.32. The molecule has 2 amide bonds. The fraction of sp³-hybridized carbons (Fsp3) is 0.143. The lowest BCUT2D eigenvalue weighted by molar-refractivity contribution is 0.220. The fourth-order valence-electron chi connectivity index (χ4n) is 1.67. The third kappa shape index (κ3) is 4.24. The van der Waals surface area contributed by atoms with E-state index in [1.807, 2.05) is 6.07 Å². The molecule has 0 radical (unpaired) electrons.